The van der Waals surface area contributed by atoms with Crippen LogP contribution in [0.15, 0.2) is 45.8 Å². The van der Waals surface area contributed by atoms with Crippen LogP contribution in [-0.4, -0.2) is 5.91 Å². The standard InChI is InChI=1S/C14H10F3NOS/c15-14(16,17)8-5-6-9-12(7-8)20-11-4-2-1-3-10(11)18-13(9)19/h2,4-7H,1,3H2,(H,18,19). The Morgan fingerprint density at radius 2 is 2.05 bits per heavy atom. The number of rotatable bonds is 0. The first-order valence-electron chi connectivity index (χ1n) is 6.05. The lowest BCUT2D eigenvalue weighted by atomic mass is 10.1. The zero-order valence-electron chi connectivity index (χ0n) is 10.3. The van der Waals surface area contributed by atoms with Crippen molar-refractivity contribution in [1.29, 1.82) is 0 Å². The van der Waals surface area contributed by atoms with Crippen molar-refractivity contribution >= 4 is 17.7 Å². The van der Waals surface area contributed by atoms with Crippen LogP contribution in [0.1, 0.15) is 28.8 Å². The third-order valence-electron chi connectivity index (χ3n) is 3.17. The van der Waals surface area contributed by atoms with Gasteiger partial charge in [-0.3, -0.25) is 4.79 Å². The number of hydrogen-bond acceptors (Lipinski definition) is 2. The van der Waals surface area contributed by atoms with E-state index in [9.17, 15) is 18.0 Å². The Balaban J connectivity index is 2.08. The zero-order chi connectivity index (χ0) is 14.3. The average molecular weight is 297 g/mol. The minimum Gasteiger partial charge on any atom is -0.325 e. The van der Waals surface area contributed by atoms with Gasteiger partial charge in [-0.2, -0.15) is 13.2 Å². The van der Waals surface area contributed by atoms with Gasteiger partial charge in [0.1, 0.15) is 0 Å². The second-order valence-electron chi connectivity index (χ2n) is 4.55. The maximum atomic E-state index is 12.8. The molecule has 20 heavy (non-hydrogen) atoms. The highest BCUT2D eigenvalue weighted by molar-refractivity contribution is 8.03. The predicted octanol–water partition coefficient (Wildman–Crippen LogP) is 4.10. The molecule has 0 bridgehead atoms. The van der Waals surface area contributed by atoms with E-state index in [2.05, 4.69) is 5.32 Å². The fourth-order valence-electron chi connectivity index (χ4n) is 2.16. The predicted molar refractivity (Wildman–Crippen MR) is 70.2 cm³/mol. The van der Waals surface area contributed by atoms with E-state index in [4.69, 9.17) is 0 Å². The Kier molecular flexibility index (Phi) is 3.12. The van der Waals surface area contributed by atoms with Gasteiger partial charge in [0, 0.05) is 15.5 Å². The van der Waals surface area contributed by atoms with Gasteiger partial charge in [-0.05, 0) is 31.0 Å². The van der Waals surface area contributed by atoms with E-state index in [1.165, 1.54) is 17.8 Å². The Labute approximate surface area is 117 Å². The maximum absolute atomic E-state index is 12.8. The van der Waals surface area contributed by atoms with Crippen LogP contribution in [0.5, 0.6) is 0 Å². The Morgan fingerprint density at radius 3 is 2.80 bits per heavy atom. The highest BCUT2D eigenvalue weighted by Crippen LogP contribution is 2.40. The lowest BCUT2D eigenvalue weighted by molar-refractivity contribution is -0.137. The first kappa shape index (κ1) is 13.3. The number of nitrogens with one attached hydrogen (secondary N) is 1. The molecule has 0 radical (unpaired) electrons. The van der Waals surface area contributed by atoms with E-state index in [-0.39, 0.29) is 11.5 Å². The summed E-state index contributed by atoms with van der Waals surface area (Å²) in [6.45, 7) is 0. The molecule has 1 heterocycles. The number of halogens is 3. The highest BCUT2D eigenvalue weighted by Gasteiger charge is 2.32. The summed E-state index contributed by atoms with van der Waals surface area (Å²) in [5.41, 5.74) is 0.332. The number of amides is 1. The molecule has 1 N–H and O–H groups in total. The fourth-order valence-corrected chi connectivity index (χ4v) is 3.29. The van der Waals surface area contributed by atoms with Crippen molar-refractivity contribution in [3.63, 3.8) is 0 Å². The summed E-state index contributed by atoms with van der Waals surface area (Å²) in [6, 6.07) is 3.22. The van der Waals surface area contributed by atoms with Gasteiger partial charge in [-0.25, -0.2) is 0 Å². The van der Waals surface area contributed by atoms with Gasteiger partial charge in [0.15, 0.2) is 0 Å². The van der Waals surface area contributed by atoms with Crippen LogP contribution in [0.4, 0.5) is 13.2 Å². The first-order chi connectivity index (χ1) is 9.45. The molecule has 0 atom stereocenters. The van der Waals surface area contributed by atoms with E-state index in [1.54, 1.807) is 0 Å². The van der Waals surface area contributed by atoms with Gasteiger partial charge in [-0.15, -0.1) is 0 Å². The Morgan fingerprint density at radius 1 is 1.25 bits per heavy atom. The fraction of sp³-hybridized carbons (Fsp3) is 0.214. The number of benzene rings is 1. The van der Waals surface area contributed by atoms with Gasteiger partial charge in [0.25, 0.3) is 5.91 Å². The summed E-state index contributed by atoms with van der Waals surface area (Å²) in [5.74, 6) is -0.346. The molecule has 2 aliphatic rings. The van der Waals surface area contributed by atoms with Crippen LogP contribution in [0.3, 0.4) is 0 Å². The summed E-state index contributed by atoms with van der Waals surface area (Å²) in [7, 11) is 0. The third-order valence-corrected chi connectivity index (χ3v) is 4.33. The van der Waals surface area contributed by atoms with Gasteiger partial charge in [-0.1, -0.05) is 23.9 Å². The van der Waals surface area contributed by atoms with Crippen LogP contribution in [0.25, 0.3) is 0 Å². The SMILES string of the molecule is O=C1NC2=C(C=CCC2)Sc2cc(C(F)(F)F)ccc21. The molecule has 2 nitrogen and oxygen atoms in total. The van der Waals surface area contributed by atoms with Gasteiger partial charge in [0.2, 0.25) is 0 Å². The lowest BCUT2D eigenvalue weighted by Gasteiger charge is -2.12. The molecule has 0 saturated heterocycles. The van der Waals surface area contributed by atoms with E-state index >= 15 is 0 Å². The van der Waals surface area contributed by atoms with Crippen LogP contribution < -0.4 is 5.32 Å². The number of allylic oxidation sites excluding steroid dienone is 3. The molecular formula is C14H10F3NOS. The van der Waals surface area contributed by atoms with Crippen molar-refractivity contribution in [2.75, 3.05) is 0 Å². The quantitative estimate of drug-likeness (QED) is 0.781. The Hall–Kier alpha value is -1.69. The largest absolute Gasteiger partial charge is 0.416 e. The van der Waals surface area contributed by atoms with Crippen LogP contribution in [-0.2, 0) is 6.18 Å². The number of alkyl halides is 3. The molecule has 3 rings (SSSR count). The molecule has 104 valence electrons. The van der Waals surface area contributed by atoms with Gasteiger partial charge in [0.05, 0.1) is 11.1 Å². The molecule has 6 heteroatoms. The first-order valence-corrected chi connectivity index (χ1v) is 6.87. The molecule has 1 aromatic carbocycles. The van der Waals surface area contributed by atoms with E-state index in [0.717, 1.165) is 29.2 Å². The number of hydrogen-bond donors (Lipinski definition) is 1. The van der Waals surface area contributed by atoms with Gasteiger partial charge < -0.3 is 5.32 Å². The number of thioether (sulfide) groups is 1. The topological polar surface area (TPSA) is 29.1 Å². The van der Waals surface area contributed by atoms with Crippen LogP contribution in [0, 0.1) is 0 Å². The second kappa shape index (κ2) is 4.70. The third kappa shape index (κ3) is 2.35. The normalized spacial score (nSPS) is 18.2. The summed E-state index contributed by atoms with van der Waals surface area (Å²) >= 11 is 1.21. The summed E-state index contributed by atoms with van der Waals surface area (Å²) < 4.78 is 38.3. The molecule has 1 aliphatic carbocycles. The van der Waals surface area contributed by atoms with Gasteiger partial charge >= 0.3 is 6.18 Å². The van der Waals surface area contributed by atoms with E-state index in [0.29, 0.717) is 11.3 Å². The average Bonchev–Trinajstić information content (AvgIpc) is 2.53. The molecule has 1 amide bonds. The summed E-state index contributed by atoms with van der Waals surface area (Å²) in [4.78, 5) is 13.2. The lowest BCUT2D eigenvalue weighted by Crippen LogP contribution is -2.23. The number of carbonyl (C=O) groups is 1. The zero-order valence-corrected chi connectivity index (χ0v) is 11.1. The maximum Gasteiger partial charge on any atom is 0.416 e. The molecule has 1 aliphatic heterocycles. The Bertz CT molecular complexity index is 646. The van der Waals surface area contributed by atoms with Crippen molar-refractivity contribution in [1.82, 2.24) is 5.32 Å². The van der Waals surface area contributed by atoms with Crippen LogP contribution in [0.2, 0.25) is 0 Å². The molecular weight excluding hydrogens is 287 g/mol. The molecule has 0 fully saturated rings. The molecule has 0 unspecified atom stereocenters. The smallest absolute Gasteiger partial charge is 0.325 e. The minimum absolute atomic E-state index is 0.283. The van der Waals surface area contributed by atoms with Crippen LogP contribution >= 0.6 is 11.8 Å². The van der Waals surface area contributed by atoms with E-state index in [1.807, 2.05) is 12.2 Å². The van der Waals surface area contributed by atoms with Crippen molar-refractivity contribution in [2.45, 2.75) is 23.9 Å². The minimum atomic E-state index is -4.40. The molecule has 0 aromatic heterocycles. The highest BCUT2D eigenvalue weighted by atomic mass is 32.2. The van der Waals surface area contributed by atoms with Crippen molar-refractivity contribution in [3.05, 3.63) is 52.1 Å². The molecule has 0 saturated carbocycles. The van der Waals surface area contributed by atoms with Crippen molar-refractivity contribution in [2.24, 2.45) is 0 Å². The van der Waals surface area contributed by atoms with Crippen molar-refractivity contribution in [3.8, 4) is 0 Å². The summed E-state index contributed by atoms with van der Waals surface area (Å²) in [5, 5.41) is 2.78. The van der Waals surface area contributed by atoms with E-state index < -0.39 is 11.7 Å². The van der Waals surface area contributed by atoms with Crippen molar-refractivity contribution < 1.29 is 18.0 Å². The monoisotopic (exact) mass is 297 g/mol. The number of fused-ring (bicyclic) bond motifs is 1. The summed E-state index contributed by atoms with van der Waals surface area (Å²) in [6.07, 6.45) is 0.919. The molecule has 0 spiro atoms. The number of carbonyl (C=O) groups excluding carboxylic acids is 1. The molecule has 1 aromatic rings. The second-order valence-corrected chi connectivity index (χ2v) is 5.63.